The van der Waals surface area contributed by atoms with E-state index in [0.717, 1.165) is 0 Å². The van der Waals surface area contributed by atoms with Crippen LogP contribution in [0.4, 0.5) is 74.6 Å². The van der Waals surface area contributed by atoms with E-state index in [4.69, 9.17) is 5.73 Å². The molecule has 0 saturated heterocycles. The van der Waals surface area contributed by atoms with E-state index >= 15 is 0 Å². The number of nitrogens with zero attached hydrogens (tertiary/aromatic N) is 1. The molecule has 37 heavy (non-hydrogen) atoms. The minimum atomic E-state index is -8.85. The molecule has 4 nitrogen and oxygen atoms in total. The van der Waals surface area contributed by atoms with Crippen molar-refractivity contribution in [3.05, 3.63) is 0 Å². The number of quaternary nitrogens is 1. The first kappa shape index (κ1) is 38.6. The summed E-state index contributed by atoms with van der Waals surface area (Å²) in [5.41, 5.74) is 4.72. The normalized spacial score (nSPS) is 16.9. The van der Waals surface area contributed by atoms with Crippen LogP contribution in [0.2, 0.25) is 0 Å². The molecule has 1 atom stereocenters. The number of halogens is 18. The summed E-state index contributed by atoms with van der Waals surface area (Å²) in [7, 11) is -3.62. The van der Waals surface area contributed by atoms with E-state index in [2.05, 4.69) is 0 Å². The fourth-order valence-electron chi connectivity index (χ4n) is 2.19. The van der Waals surface area contributed by atoms with Crippen LogP contribution in [0.15, 0.2) is 0 Å². The summed E-state index contributed by atoms with van der Waals surface area (Å²) >= 11 is 0. The Balaban J connectivity index is 0. The molecule has 0 saturated carbocycles. The first-order valence-corrected chi connectivity index (χ1v) is 10.2. The van der Waals surface area contributed by atoms with E-state index in [-0.39, 0.29) is 28.5 Å². The van der Waals surface area contributed by atoms with E-state index in [1.165, 1.54) is 21.1 Å². The quantitative estimate of drug-likeness (QED) is 0.201. The van der Waals surface area contributed by atoms with Crippen LogP contribution in [-0.4, -0.2) is 92.9 Å². The van der Waals surface area contributed by atoms with Crippen molar-refractivity contribution in [2.45, 2.75) is 58.8 Å². The molecule has 0 aliphatic carbocycles. The van der Waals surface area contributed by atoms with Gasteiger partial charge >= 0.3 is 47.0 Å². The molecule has 0 fully saturated rings. The summed E-state index contributed by atoms with van der Waals surface area (Å²) in [6.45, 7) is -0.606. The van der Waals surface area contributed by atoms with Crippen LogP contribution in [0.25, 0.3) is 0 Å². The lowest BCUT2D eigenvalue weighted by Gasteiger charge is -2.42. The Labute approximate surface area is 213 Å². The summed E-state index contributed by atoms with van der Waals surface area (Å²) in [4.78, 5) is 0. The van der Waals surface area contributed by atoms with Gasteiger partial charge in [0.2, 0.25) is 9.84 Å². The van der Waals surface area contributed by atoms with Gasteiger partial charge in [0.05, 0.1) is 27.7 Å². The maximum absolute atomic E-state index is 14.0. The highest BCUT2D eigenvalue weighted by Gasteiger charge is 2.96. The minimum Gasteiger partial charge on any atom is -1.00 e. The van der Waals surface area contributed by atoms with Gasteiger partial charge in [-0.25, -0.2) is 8.42 Å². The molecule has 23 heteroatoms. The van der Waals surface area contributed by atoms with Crippen molar-refractivity contribution in [2.24, 2.45) is 5.73 Å². The maximum Gasteiger partial charge on any atom is 0.460 e. The molecule has 0 rings (SSSR count). The lowest BCUT2D eigenvalue weighted by molar-refractivity contribution is -0.870. The largest absolute Gasteiger partial charge is 1.00 e. The molecular weight excluding hydrogens is 710 g/mol. The molecular formula is C14H16F17IN2O2S. The molecule has 0 aromatic heterocycles. The van der Waals surface area contributed by atoms with Gasteiger partial charge in [0.15, 0.2) is 0 Å². The molecule has 0 amide bonds. The van der Waals surface area contributed by atoms with Crippen LogP contribution < -0.4 is 29.7 Å². The number of hydrogen-bond acceptors (Lipinski definition) is 3. The molecule has 226 valence electrons. The number of hydrogen-bond donors (Lipinski definition) is 1. The third-order valence-corrected chi connectivity index (χ3v) is 6.54. The Kier molecular flexibility index (Phi) is 10.5. The molecule has 2 N–H and O–H groups in total. The zero-order valence-electron chi connectivity index (χ0n) is 18.0. The smallest absolute Gasteiger partial charge is 0.460 e. The van der Waals surface area contributed by atoms with Crippen molar-refractivity contribution < 1.29 is 112 Å². The zero-order valence-corrected chi connectivity index (χ0v) is 21.0. The minimum absolute atomic E-state index is 0. The Morgan fingerprint density at radius 1 is 0.595 bits per heavy atom. The average molecular weight is 726 g/mol. The molecule has 0 aliphatic rings. The summed E-state index contributed by atoms with van der Waals surface area (Å²) < 4.78 is 248. The fourth-order valence-corrected chi connectivity index (χ4v) is 3.47. The lowest BCUT2D eigenvalue weighted by Crippen LogP contribution is -3.00. The summed E-state index contributed by atoms with van der Waals surface area (Å²) in [5.74, 6) is -51.7. The van der Waals surface area contributed by atoms with E-state index in [0.29, 0.717) is 0 Å². The Morgan fingerprint density at radius 3 is 1.14 bits per heavy atom. The van der Waals surface area contributed by atoms with E-state index in [1.54, 1.807) is 0 Å². The molecule has 1 unspecified atom stereocenters. The van der Waals surface area contributed by atoms with Gasteiger partial charge in [-0.1, -0.05) is 0 Å². The van der Waals surface area contributed by atoms with Gasteiger partial charge in [0, 0.05) is 6.42 Å². The zero-order chi connectivity index (χ0) is 30.0. The van der Waals surface area contributed by atoms with Gasteiger partial charge in [0.1, 0.15) is 5.37 Å². The molecule has 0 spiro atoms. The molecule has 0 heterocycles. The number of nitrogens with two attached hydrogens (primary N) is 1. The van der Waals surface area contributed by atoms with Gasteiger partial charge in [0.25, 0.3) is 0 Å². The highest BCUT2D eigenvalue weighted by atomic mass is 127. The molecule has 0 aromatic rings. The second-order valence-electron chi connectivity index (χ2n) is 8.35. The SMILES string of the molecule is C[N+](C)(C)CCC(N)S(=O)(=O)C(F)(F)C(F)(F)C(F)(F)C(F)(F)C(F)(F)C(F)(F)C(F)(F)C(F)(F)F.[I-]. The van der Waals surface area contributed by atoms with E-state index in [9.17, 15) is 83.1 Å². The number of sulfone groups is 1. The van der Waals surface area contributed by atoms with Crippen molar-refractivity contribution in [3.8, 4) is 0 Å². The van der Waals surface area contributed by atoms with Gasteiger partial charge in [-0.05, 0) is 0 Å². The Bertz CT molecular complexity index is 912. The van der Waals surface area contributed by atoms with E-state index < -0.39 is 75.1 Å². The van der Waals surface area contributed by atoms with Gasteiger partial charge in [-0.15, -0.1) is 0 Å². The standard InChI is InChI=1S/C14H16F17N2O2S.HI/c1-33(2,3)5-4-6(32)36(34,35)14(30,31)12(25,26)10(21,22)8(17,18)7(15,16)9(19,20)11(23,24)13(27,28)29;/h6H,4-5,32H2,1-3H3;1H/q+1;/p-1. The Hall–Kier alpha value is -0.590. The Morgan fingerprint density at radius 2 is 0.865 bits per heavy atom. The average Bonchev–Trinajstić information content (AvgIpc) is 2.63. The maximum atomic E-state index is 14.0. The van der Waals surface area contributed by atoms with Crippen molar-refractivity contribution in [1.82, 2.24) is 0 Å². The van der Waals surface area contributed by atoms with Crippen LogP contribution in [0.5, 0.6) is 0 Å². The summed E-state index contributed by atoms with van der Waals surface area (Å²) in [6.07, 6.45) is -9.16. The van der Waals surface area contributed by atoms with Gasteiger partial charge in [-0.3, -0.25) is 0 Å². The highest BCUT2D eigenvalue weighted by molar-refractivity contribution is 7.93. The number of alkyl halides is 17. The van der Waals surface area contributed by atoms with Crippen LogP contribution in [0, 0.1) is 0 Å². The second kappa shape index (κ2) is 10.1. The van der Waals surface area contributed by atoms with Crippen molar-refractivity contribution >= 4 is 9.84 Å². The second-order valence-corrected chi connectivity index (χ2v) is 10.6. The molecule has 0 aliphatic heterocycles. The van der Waals surface area contributed by atoms with Crippen molar-refractivity contribution in [1.29, 1.82) is 0 Å². The number of rotatable bonds is 11. The summed E-state index contributed by atoms with van der Waals surface area (Å²) in [5, 5.41) is -10.9. The third kappa shape index (κ3) is 5.68. The lowest BCUT2D eigenvalue weighted by atomic mass is 9.91. The molecule has 0 radical (unpaired) electrons. The molecule has 0 bridgehead atoms. The molecule has 0 aromatic carbocycles. The van der Waals surface area contributed by atoms with Crippen molar-refractivity contribution in [3.63, 3.8) is 0 Å². The monoisotopic (exact) mass is 726 g/mol. The van der Waals surface area contributed by atoms with E-state index in [1.807, 2.05) is 0 Å². The first-order chi connectivity index (χ1) is 15.1. The first-order valence-electron chi connectivity index (χ1n) is 8.64. The summed E-state index contributed by atoms with van der Waals surface area (Å²) in [6, 6.07) is 0. The van der Waals surface area contributed by atoms with Crippen molar-refractivity contribution in [2.75, 3.05) is 27.7 Å². The highest BCUT2D eigenvalue weighted by Crippen LogP contribution is 2.64. The van der Waals surface area contributed by atoms with Crippen LogP contribution in [0.3, 0.4) is 0 Å². The fraction of sp³-hybridized carbons (Fsp3) is 1.00. The van der Waals surface area contributed by atoms with Crippen LogP contribution in [-0.2, 0) is 9.84 Å². The topological polar surface area (TPSA) is 60.2 Å². The van der Waals surface area contributed by atoms with Crippen LogP contribution in [0.1, 0.15) is 6.42 Å². The predicted octanol–water partition coefficient (Wildman–Crippen LogP) is 1.75. The third-order valence-electron chi connectivity index (χ3n) is 4.53. The predicted molar refractivity (Wildman–Crippen MR) is 85.1 cm³/mol. The van der Waals surface area contributed by atoms with Gasteiger partial charge in [-0.2, -0.15) is 74.6 Å². The van der Waals surface area contributed by atoms with Crippen LogP contribution >= 0.6 is 0 Å². The van der Waals surface area contributed by atoms with Gasteiger partial charge < -0.3 is 34.2 Å².